The highest BCUT2D eigenvalue weighted by Gasteiger charge is 2.07. The summed E-state index contributed by atoms with van der Waals surface area (Å²) >= 11 is 0. The molecule has 0 unspecified atom stereocenters. The molecule has 0 aliphatic rings. The van der Waals surface area contributed by atoms with Crippen molar-refractivity contribution in [3.05, 3.63) is 78.4 Å². The zero-order valence-corrected chi connectivity index (χ0v) is 11.8. The summed E-state index contributed by atoms with van der Waals surface area (Å²) in [6, 6.07) is 10.3. The first-order chi connectivity index (χ1) is 10.1. The van der Waals surface area contributed by atoms with Crippen molar-refractivity contribution >= 4 is 0 Å². The third-order valence-corrected chi connectivity index (χ3v) is 2.92. The molecule has 0 fully saturated rings. The summed E-state index contributed by atoms with van der Waals surface area (Å²) in [6.45, 7) is 6.01. The maximum absolute atomic E-state index is 14.1. The molecular weight excluding hydrogens is 270 g/mol. The van der Waals surface area contributed by atoms with Crippen molar-refractivity contribution in [3.63, 3.8) is 0 Å². The van der Waals surface area contributed by atoms with Gasteiger partial charge in [0.05, 0.1) is 0 Å². The molecule has 0 saturated heterocycles. The van der Waals surface area contributed by atoms with E-state index in [2.05, 4.69) is 6.58 Å². The van der Waals surface area contributed by atoms with E-state index in [9.17, 15) is 8.78 Å². The topological polar surface area (TPSA) is 9.23 Å². The Morgan fingerprint density at radius 3 is 2.48 bits per heavy atom. The second-order valence-corrected chi connectivity index (χ2v) is 4.60. The number of hydrogen-bond acceptors (Lipinski definition) is 1. The minimum Gasteiger partial charge on any atom is -0.489 e. The number of hydrogen-bond donors (Lipinski definition) is 0. The summed E-state index contributed by atoms with van der Waals surface area (Å²) in [5.74, 6) is -0.318. The molecule has 0 saturated carbocycles. The SMILES string of the molecule is C=C(/C=C\C)COc1ccc(-c2ccc(F)cc2)c(F)c1. The van der Waals surface area contributed by atoms with Crippen LogP contribution in [0.5, 0.6) is 5.75 Å². The normalized spacial score (nSPS) is 10.8. The van der Waals surface area contributed by atoms with Gasteiger partial charge >= 0.3 is 0 Å². The molecule has 0 N–H and O–H groups in total. The second-order valence-electron chi connectivity index (χ2n) is 4.60. The fourth-order valence-corrected chi connectivity index (χ4v) is 1.91. The van der Waals surface area contributed by atoms with Crippen LogP contribution in [0.25, 0.3) is 11.1 Å². The highest BCUT2D eigenvalue weighted by Crippen LogP contribution is 2.26. The van der Waals surface area contributed by atoms with E-state index in [1.54, 1.807) is 24.3 Å². The van der Waals surface area contributed by atoms with E-state index in [0.717, 1.165) is 5.57 Å². The van der Waals surface area contributed by atoms with E-state index in [-0.39, 0.29) is 5.82 Å². The third kappa shape index (κ3) is 4.02. The number of halogens is 2. The monoisotopic (exact) mass is 286 g/mol. The molecule has 0 aromatic heterocycles. The Morgan fingerprint density at radius 1 is 1.14 bits per heavy atom. The maximum atomic E-state index is 14.1. The van der Waals surface area contributed by atoms with E-state index in [0.29, 0.717) is 23.5 Å². The average molecular weight is 286 g/mol. The van der Waals surface area contributed by atoms with Gasteiger partial charge in [-0.05, 0) is 42.3 Å². The van der Waals surface area contributed by atoms with Gasteiger partial charge in [-0.2, -0.15) is 0 Å². The number of allylic oxidation sites excluding steroid dienone is 1. The summed E-state index contributed by atoms with van der Waals surface area (Å²) in [7, 11) is 0. The first-order valence-corrected chi connectivity index (χ1v) is 6.59. The molecule has 0 aliphatic heterocycles. The van der Waals surface area contributed by atoms with Crippen LogP contribution in [-0.4, -0.2) is 6.61 Å². The van der Waals surface area contributed by atoms with Gasteiger partial charge in [-0.1, -0.05) is 30.9 Å². The van der Waals surface area contributed by atoms with Gasteiger partial charge in [-0.15, -0.1) is 0 Å². The Balaban J connectivity index is 2.14. The quantitative estimate of drug-likeness (QED) is 0.691. The molecular formula is C18H16F2O. The fourth-order valence-electron chi connectivity index (χ4n) is 1.91. The van der Waals surface area contributed by atoms with Crippen molar-refractivity contribution in [2.24, 2.45) is 0 Å². The predicted octanol–water partition coefficient (Wildman–Crippen LogP) is 5.14. The Bertz CT molecular complexity index is 657. The van der Waals surface area contributed by atoms with E-state index in [1.165, 1.54) is 18.2 Å². The van der Waals surface area contributed by atoms with Crippen LogP contribution >= 0.6 is 0 Å². The number of ether oxygens (including phenoxy) is 1. The van der Waals surface area contributed by atoms with Gasteiger partial charge in [0, 0.05) is 11.6 Å². The third-order valence-electron chi connectivity index (χ3n) is 2.92. The van der Waals surface area contributed by atoms with Crippen LogP contribution in [0.3, 0.4) is 0 Å². The van der Waals surface area contributed by atoms with E-state index in [1.807, 2.05) is 19.1 Å². The highest BCUT2D eigenvalue weighted by molar-refractivity contribution is 5.64. The van der Waals surface area contributed by atoms with Crippen LogP contribution in [0, 0.1) is 11.6 Å². The van der Waals surface area contributed by atoms with Crippen molar-refractivity contribution < 1.29 is 13.5 Å². The van der Waals surface area contributed by atoms with Gasteiger partial charge in [0.25, 0.3) is 0 Å². The van der Waals surface area contributed by atoms with Crippen molar-refractivity contribution in [3.8, 4) is 16.9 Å². The van der Waals surface area contributed by atoms with E-state index < -0.39 is 5.82 Å². The minimum atomic E-state index is -0.407. The zero-order valence-electron chi connectivity index (χ0n) is 11.8. The lowest BCUT2D eigenvalue weighted by atomic mass is 10.1. The lowest BCUT2D eigenvalue weighted by molar-refractivity contribution is 0.354. The highest BCUT2D eigenvalue weighted by atomic mass is 19.1. The molecule has 0 spiro atoms. The molecule has 2 aromatic carbocycles. The molecule has 2 rings (SSSR count). The molecule has 108 valence electrons. The zero-order chi connectivity index (χ0) is 15.2. The van der Waals surface area contributed by atoms with Gasteiger partial charge < -0.3 is 4.74 Å². The van der Waals surface area contributed by atoms with Crippen LogP contribution in [0.1, 0.15) is 6.92 Å². The molecule has 21 heavy (non-hydrogen) atoms. The summed E-state index contributed by atoms with van der Waals surface area (Å²) in [4.78, 5) is 0. The molecule has 0 atom stereocenters. The van der Waals surface area contributed by atoms with Gasteiger partial charge in [-0.3, -0.25) is 0 Å². The Morgan fingerprint density at radius 2 is 1.86 bits per heavy atom. The van der Waals surface area contributed by atoms with Crippen molar-refractivity contribution in [2.45, 2.75) is 6.92 Å². The molecule has 0 amide bonds. The summed E-state index contributed by atoms with van der Waals surface area (Å²) in [6.07, 6.45) is 3.70. The molecule has 1 nitrogen and oxygen atoms in total. The summed E-state index contributed by atoms with van der Waals surface area (Å²) in [5.41, 5.74) is 1.84. The van der Waals surface area contributed by atoms with Crippen LogP contribution in [0.15, 0.2) is 66.8 Å². The Kier molecular flexibility index (Phi) is 4.88. The van der Waals surface area contributed by atoms with E-state index in [4.69, 9.17) is 4.74 Å². The van der Waals surface area contributed by atoms with Crippen LogP contribution < -0.4 is 4.74 Å². The van der Waals surface area contributed by atoms with Gasteiger partial charge in [0.1, 0.15) is 24.0 Å². The van der Waals surface area contributed by atoms with Gasteiger partial charge in [-0.25, -0.2) is 8.78 Å². The van der Waals surface area contributed by atoms with Crippen LogP contribution in [0.2, 0.25) is 0 Å². The van der Waals surface area contributed by atoms with Gasteiger partial charge in [0.15, 0.2) is 0 Å². The molecule has 3 heteroatoms. The standard InChI is InChI=1S/C18H16F2O/c1-3-4-13(2)12-21-16-9-10-17(18(20)11-16)14-5-7-15(19)8-6-14/h3-11H,2,12H2,1H3/b4-3-. The molecule has 0 heterocycles. The van der Waals surface area contributed by atoms with Crippen LogP contribution in [0.4, 0.5) is 8.78 Å². The fraction of sp³-hybridized carbons (Fsp3) is 0.111. The predicted molar refractivity (Wildman–Crippen MR) is 81.2 cm³/mol. The molecule has 0 aliphatic carbocycles. The average Bonchev–Trinajstić information content (AvgIpc) is 2.47. The molecule has 0 bridgehead atoms. The van der Waals surface area contributed by atoms with Crippen molar-refractivity contribution in [1.82, 2.24) is 0 Å². The first kappa shape index (κ1) is 15.0. The van der Waals surface area contributed by atoms with E-state index >= 15 is 0 Å². The Labute approximate surface area is 123 Å². The molecule has 0 radical (unpaired) electrons. The van der Waals surface area contributed by atoms with Gasteiger partial charge in [0.2, 0.25) is 0 Å². The van der Waals surface area contributed by atoms with Crippen LogP contribution in [-0.2, 0) is 0 Å². The van der Waals surface area contributed by atoms with Crippen molar-refractivity contribution in [1.29, 1.82) is 0 Å². The summed E-state index contributed by atoms with van der Waals surface area (Å²) in [5, 5.41) is 0. The summed E-state index contributed by atoms with van der Waals surface area (Å²) < 4.78 is 32.4. The number of rotatable bonds is 5. The lowest BCUT2D eigenvalue weighted by Crippen LogP contribution is -1.99. The second kappa shape index (κ2) is 6.84. The minimum absolute atomic E-state index is 0.305. The number of benzene rings is 2. The maximum Gasteiger partial charge on any atom is 0.134 e. The Hall–Kier alpha value is -2.42. The smallest absolute Gasteiger partial charge is 0.134 e. The lowest BCUT2D eigenvalue weighted by Gasteiger charge is -2.09. The molecule has 2 aromatic rings. The first-order valence-electron chi connectivity index (χ1n) is 6.59. The van der Waals surface area contributed by atoms with Crippen molar-refractivity contribution in [2.75, 3.05) is 6.61 Å². The largest absolute Gasteiger partial charge is 0.489 e.